The lowest BCUT2D eigenvalue weighted by Crippen LogP contribution is -2.58. The van der Waals surface area contributed by atoms with E-state index < -0.39 is 17.8 Å². The average molecular weight is 465 g/mol. The maximum absolute atomic E-state index is 13.4. The predicted octanol–water partition coefficient (Wildman–Crippen LogP) is 2.15. The van der Waals surface area contributed by atoms with Gasteiger partial charge in [0.05, 0.1) is 30.2 Å². The number of esters is 1. The summed E-state index contributed by atoms with van der Waals surface area (Å²) in [7, 11) is 2.98. The van der Waals surface area contributed by atoms with E-state index in [9.17, 15) is 19.2 Å². The third-order valence-electron chi connectivity index (χ3n) is 6.31. The summed E-state index contributed by atoms with van der Waals surface area (Å²) >= 11 is 0. The van der Waals surface area contributed by atoms with Gasteiger partial charge in [0, 0.05) is 38.3 Å². The number of halogens is 1. The fourth-order valence-electron chi connectivity index (χ4n) is 4.53. The molecule has 10 heteroatoms. The summed E-state index contributed by atoms with van der Waals surface area (Å²) in [6, 6.07) is 8.60. The smallest absolute Gasteiger partial charge is 0.329 e. The number of piperazine rings is 1. The van der Waals surface area contributed by atoms with Gasteiger partial charge in [-0.15, -0.1) is 0 Å². The fourth-order valence-corrected chi connectivity index (χ4v) is 4.53. The average Bonchev–Trinajstić information content (AvgIpc) is 2.84. The molecular formula is C24H25FN6O3. The number of ether oxygens (including phenoxy) is 1. The third-order valence-corrected chi connectivity index (χ3v) is 6.31. The van der Waals surface area contributed by atoms with E-state index in [1.807, 2.05) is 18.7 Å². The van der Waals surface area contributed by atoms with Gasteiger partial charge in [0.15, 0.2) is 6.04 Å². The number of pyridine rings is 3. The monoisotopic (exact) mass is 464 g/mol. The number of carbonyl (C=O) groups is 1. The number of hydrogen-bond donors (Lipinski definition) is 0. The number of carbonyl (C=O) groups excluding carboxylic acids is 1. The highest BCUT2D eigenvalue weighted by molar-refractivity contribution is 5.89. The van der Waals surface area contributed by atoms with Crippen LogP contribution in [0, 0.1) is 17.1 Å². The van der Waals surface area contributed by atoms with E-state index in [1.54, 1.807) is 19.2 Å². The number of nitrogens with zero attached hydrogens (tertiary/aromatic N) is 6. The third kappa shape index (κ3) is 4.10. The van der Waals surface area contributed by atoms with E-state index in [0.29, 0.717) is 35.5 Å². The van der Waals surface area contributed by atoms with Gasteiger partial charge in [-0.05, 0) is 38.1 Å². The first-order chi connectivity index (χ1) is 16.2. The summed E-state index contributed by atoms with van der Waals surface area (Å²) in [6.07, 6.45) is 1.08. The van der Waals surface area contributed by atoms with E-state index in [4.69, 9.17) is 4.74 Å². The van der Waals surface area contributed by atoms with Crippen LogP contribution in [0.3, 0.4) is 0 Å². The molecular weight excluding hydrogens is 439 g/mol. The highest BCUT2D eigenvalue weighted by Crippen LogP contribution is 2.32. The molecule has 1 aliphatic heterocycles. The van der Waals surface area contributed by atoms with Crippen molar-refractivity contribution >= 4 is 22.7 Å². The van der Waals surface area contributed by atoms with Crippen LogP contribution in [0.1, 0.15) is 31.3 Å². The van der Waals surface area contributed by atoms with Gasteiger partial charge in [0.25, 0.3) is 5.56 Å². The minimum atomic E-state index is -0.797. The molecule has 1 fully saturated rings. The van der Waals surface area contributed by atoms with Crippen molar-refractivity contribution in [3.63, 3.8) is 0 Å². The van der Waals surface area contributed by atoms with E-state index >= 15 is 0 Å². The Hall–Kier alpha value is -3.84. The standard InChI is InChI=1S/C24H25FN6O3/c1-14-13-31(23(24(33)34-4)18-7-5-16(25)11-27-18)15(2)12-30(14)20-9-21(32)29(3)19-8-6-17(10-26)28-22(19)20/h5-9,11,14-15,23H,12-13H2,1-4H3/t14-,15+,23?/m0/s1. The van der Waals surface area contributed by atoms with E-state index in [-0.39, 0.29) is 23.3 Å². The second-order valence-electron chi connectivity index (χ2n) is 8.48. The van der Waals surface area contributed by atoms with Crippen molar-refractivity contribution in [2.75, 3.05) is 25.1 Å². The van der Waals surface area contributed by atoms with E-state index in [1.165, 1.54) is 29.9 Å². The zero-order valence-electron chi connectivity index (χ0n) is 19.4. The molecule has 1 unspecified atom stereocenters. The minimum absolute atomic E-state index is 0.119. The van der Waals surface area contributed by atoms with E-state index in [2.05, 4.69) is 20.9 Å². The van der Waals surface area contributed by atoms with Gasteiger partial charge in [0.1, 0.15) is 23.1 Å². The van der Waals surface area contributed by atoms with Crippen LogP contribution >= 0.6 is 0 Å². The number of hydrogen-bond acceptors (Lipinski definition) is 8. The number of anilines is 1. The largest absolute Gasteiger partial charge is 0.468 e. The Morgan fingerprint density at radius 1 is 1.24 bits per heavy atom. The lowest BCUT2D eigenvalue weighted by atomic mass is 10.0. The molecule has 0 aliphatic carbocycles. The molecule has 3 aromatic heterocycles. The van der Waals surface area contributed by atoms with Crippen molar-refractivity contribution in [1.82, 2.24) is 19.4 Å². The predicted molar refractivity (Wildman–Crippen MR) is 124 cm³/mol. The summed E-state index contributed by atoms with van der Waals surface area (Å²) in [4.78, 5) is 38.1. The second-order valence-corrected chi connectivity index (χ2v) is 8.48. The van der Waals surface area contributed by atoms with Crippen LogP contribution < -0.4 is 10.5 Å². The van der Waals surface area contributed by atoms with Crippen molar-refractivity contribution in [2.24, 2.45) is 7.05 Å². The zero-order valence-corrected chi connectivity index (χ0v) is 19.4. The van der Waals surface area contributed by atoms with Crippen LogP contribution in [0.4, 0.5) is 10.1 Å². The molecule has 0 bridgehead atoms. The van der Waals surface area contributed by atoms with Gasteiger partial charge >= 0.3 is 5.97 Å². The Morgan fingerprint density at radius 3 is 2.65 bits per heavy atom. The molecule has 0 radical (unpaired) electrons. The number of methoxy groups -OCH3 is 1. The van der Waals surface area contributed by atoms with Gasteiger partial charge < -0.3 is 14.2 Å². The molecule has 0 amide bonds. The Kier molecular flexibility index (Phi) is 6.30. The number of nitriles is 1. The summed E-state index contributed by atoms with van der Waals surface area (Å²) in [6.45, 7) is 4.89. The van der Waals surface area contributed by atoms with Crippen LogP contribution in [-0.2, 0) is 16.6 Å². The maximum Gasteiger partial charge on any atom is 0.329 e. The number of rotatable bonds is 4. The summed E-state index contributed by atoms with van der Waals surface area (Å²) in [5.74, 6) is -0.966. The topological polar surface area (TPSA) is 104 Å². The molecule has 4 rings (SSSR count). The molecule has 1 aliphatic rings. The molecule has 0 N–H and O–H groups in total. The van der Waals surface area contributed by atoms with Crippen LogP contribution in [0.25, 0.3) is 11.0 Å². The summed E-state index contributed by atoms with van der Waals surface area (Å²) in [5, 5.41) is 9.34. The summed E-state index contributed by atoms with van der Waals surface area (Å²) in [5.41, 5.74) is 2.33. The number of aryl methyl sites for hydroxylation is 1. The number of fused-ring (bicyclic) bond motifs is 1. The SMILES string of the molecule is COC(=O)C(c1ccc(F)cn1)N1C[C@H](C)N(c2cc(=O)n(C)c3ccc(C#N)nc23)C[C@H]1C. The lowest BCUT2D eigenvalue weighted by molar-refractivity contribution is -0.149. The molecule has 3 atom stereocenters. The van der Waals surface area contributed by atoms with Gasteiger partial charge in [0.2, 0.25) is 0 Å². The molecule has 3 aromatic rings. The molecule has 0 aromatic carbocycles. The first kappa shape index (κ1) is 23.3. The highest BCUT2D eigenvalue weighted by atomic mass is 19.1. The van der Waals surface area contributed by atoms with Crippen LogP contribution in [0.2, 0.25) is 0 Å². The van der Waals surface area contributed by atoms with Gasteiger partial charge in [-0.1, -0.05) is 0 Å². The lowest BCUT2D eigenvalue weighted by Gasteiger charge is -2.47. The molecule has 4 heterocycles. The molecule has 176 valence electrons. The Bertz CT molecular complexity index is 1330. The first-order valence-electron chi connectivity index (χ1n) is 10.9. The maximum atomic E-state index is 13.4. The number of aromatic nitrogens is 3. The molecule has 1 saturated heterocycles. The van der Waals surface area contributed by atoms with Gasteiger partial charge in [-0.25, -0.2) is 14.2 Å². The van der Waals surface area contributed by atoms with Crippen LogP contribution in [0.15, 0.2) is 41.3 Å². The van der Waals surface area contributed by atoms with Gasteiger partial charge in [-0.3, -0.25) is 14.7 Å². The molecule has 34 heavy (non-hydrogen) atoms. The molecule has 0 spiro atoms. The Morgan fingerprint density at radius 2 is 2.00 bits per heavy atom. The molecule has 9 nitrogen and oxygen atoms in total. The zero-order chi connectivity index (χ0) is 24.6. The Balaban J connectivity index is 1.73. The minimum Gasteiger partial charge on any atom is -0.468 e. The van der Waals surface area contributed by atoms with Crippen molar-refractivity contribution < 1.29 is 13.9 Å². The van der Waals surface area contributed by atoms with E-state index in [0.717, 1.165) is 6.20 Å². The van der Waals surface area contributed by atoms with Crippen LogP contribution in [-0.4, -0.2) is 57.7 Å². The quantitative estimate of drug-likeness (QED) is 0.541. The fraction of sp³-hybridized carbons (Fsp3) is 0.375. The Labute approximate surface area is 196 Å². The van der Waals surface area contributed by atoms with Crippen molar-refractivity contribution in [2.45, 2.75) is 32.0 Å². The summed E-state index contributed by atoms with van der Waals surface area (Å²) < 4.78 is 20.0. The molecule has 0 saturated carbocycles. The first-order valence-corrected chi connectivity index (χ1v) is 10.9. The van der Waals surface area contributed by atoms with Crippen molar-refractivity contribution in [3.05, 3.63) is 64.1 Å². The van der Waals surface area contributed by atoms with Crippen LogP contribution in [0.5, 0.6) is 0 Å². The second kappa shape index (κ2) is 9.19. The van der Waals surface area contributed by atoms with Gasteiger partial charge in [-0.2, -0.15) is 5.26 Å². The van der Waals surface area contributed by atoms with Crippen molar-refractivity contribution in [1.29, 1.82) is 5.26 Å². The van der Waals surface area contributed by atoms with Crippen molar-refractivity contribution in [3.8, 4) is 6.07 Å². The highest BCUT2D eigenvalue weighted by Gasteiger charge is 2.39. The normalized spacial score (nSPS) is 19.6.